The van der Waals surface area contributed by atoms with Crippen molar-refractivity contribution >= 4 is 5.82 Å². The van der Waals surface area contributed by atoms with Crippen LogP contribution in [0.1, 0.15) is 42.5 Å². The van der Waals surface area contributed by atoms with Gasteiger partial charge >= 0.3 is 0 Å². The third-order valence-electron chi connectivity index (χ3n) is 5.16. The molecule has 0 aliphatic heterocycles. The standard InChI is InChI=1S/C22H25N5O/c1-15-16(2)26-21(19-11-5-6-12-23-19)27-20(15)25-14-17-8-7-13-24-22(17)28-18-9-3-4-10-18/h5-8,11-13,18H,3-4,9-10,14H2,1-2H3,(H,25,26,27). The van der Waals surface area contributed by atoms with Crippen LogP contribution in [0.5, 0.6) is 5.88 Å². The molecule has 1 aliphatic rings. The summed E-state index contributed by atoms with van der Waals surface area (Å²) in [6, 6.07) is 9.74. The summed E-state index contributed by atoms with van der Waals surface area (Å²) in [6.07, 6.45) is 8.52. The zero-order valence-electron chi connectivity index (χ0n) is 16.4. The molecule has 144 valence electrons. The second-order valence-corrected chi connectivity index (χ2v) is 7.17. The van der Waals surface area contributed by atoms with Crippen LogP contribution in [0.25, 0.3) is 11.5 Å². The predicted octanol–water partition coefficient (Wildman–Crippen LogP) is 4.48. The Labute approximate surface area is 165 Å². The van der Waals surface area contributed by atoms with Crippen LogP contribution >= 0.6 is 0 Å². The van der Waals surface area contributed by atoms with E-state index in [9.17, 15) is 0 Å². The molecule has 6 heteroatoms. The maximum atomic E-state index is 6.15. The van der Waals surface area contributed by atoms with Gasteiger partial charge in [-0.1, -0.05) is 12.1 Å². The minimum absolute atomic E-state index is 0.285. The number of hydrogen-bond donors (Lipinski definition) is 1. The van der Waals surface area contributed by atoms with Crippen LogP contribution < -0.4 is 10.1 Å². The highest BCUT2D eigenvalue weighted by Crippen LogP contribution is 2.26. The van der Waals surface area contributed by atoms with Gasteiger partial charge in [0.1, 0.15) is 17.6 Å². The monoisotopic (exact) mass is 375 g/mol. The first-order valence-corrected chi connectivity index (χ1v) is 9.82. The number of nitrogens with zero attached hydrogens (tertiary/aromatic N) is 4. The van der Waals surface area contributed by atoms with E-state index in [-0.39, 0.29) is 6.10 Å². The topological polar surface area (TPSA) is 72.8 Å². The maximum absolute atomic E-state index is 6.15. The molecule has 3 aromatic heterocycles. The lowest BCUT2D eigenvalue weighted by molar-refractivity contribution is 0.199. The summed E-state index contributed by atoms with van der Waals surface area (Å²) in [6.45, 7) is 4.61. The van der Waals surface area contributed by atoms with Gasteiger partial charge in [0.05, 0.1) is 0 Å². The number of ether oxygens (including phenoxy) is 1. The molecule has 0 aromatic carbocycles. The molecule has 0 bridgehead atoms. The summed E-state index contributed by atoms with van der Waals surface area (Å²) in [7, 11) is 0. The number of hydrogen-bond acceptors (Lipinski definition) is 6. The number of nitrogens with one attached hydrogen (secondary N) is 1. The van der Waals surface area contributed by atoms with Gasteiger partial charge in [-0.05, 0) is 57.7 Å². The molecule has 1 fully saturated rings. The van der Waals surface area contributed by atoms with Gasteiger partial charge in [0, 0.05) is 35.8 Å². The van der Waals surface area contributed by atoms with Gasteiger partial charge in [-0.3, -0.25) is 4.98 Å². The largest absolute Gasteiger partial charge is 0.474 e. The molecule has 0 unspecified atom stereocenters. The highest BCUT2D eigenvalue weighted by molar-refractivity contribution is 5.56. The Kier molecular flexibility index (Phi) is 5.46. The third kappa shape index (κ3) is 4.11. The Balaban J connectivity index is 1.54. The number of pyridine rings is 2. The number of aryl methyl sites for hydroxylation is 1. The molecule has 28 heavy (non-hydrogen) atoms. The van der Waals surface area contributed by atoms with Crippen LogP contribution in [0.15, 0.2) is 42.7 Å². The number of rotatable bonds is 6. The molecule has 0 saturated heterocycles. The minimum atomic E-state index is 0.285. The molecular formula is C22H25N5O. The van der Waals surface area contributed by atoms with E-state index in [0.717, 1.165) is 47.1 Å². The van der Waals surface area contributed by atoms with E-state index in [2.05, 4.69) is 20.3 Å². The van der Waals surface area contributed by atoms with Crippen molar-refractivity contribution in [1.29, 1.82) is 0 Å². The number of aromatic nitrogens is 4. The van der Waals surface area contributed by atoms with Gasteiger partial charge in [-0.15, -0.1) is 0 Å². The van der Waals surface area contributed by atoms with Crippen molar-refractivity contribution in [1.82, 2.24) is 19.9 Å². The SMILES string of the molecule is Cc1nc(-c2ccccn2)nc(NCc2cccnc2OC2CCCC2)c1C. The van der Waals surface area contributed by atoms with Crippen LogP contribution in [0, 0.1) is 13.8 Å². The average Bonchev–Trinajstić information content (AvgIpc) is 3.24. The van der Waals surface area contributed by atoms with Crippen molar-refractivity contribution in [3.63, 3.8) is 0 Å². The first kappa shape index (κ1) is 18.3. The maximum Gasteiger partial charge on any atom is 0.218 e. The van der Waals surface area contributed by atoms with Crippen LogP contribution in [-0.2, 0) is 6.54 Å². The summed E-state index contributed by atoms with van der Waals surface area (Å²) in [5.41, 5.74) is 3.76. The molecule has 1 saturated carbocycles. The Hall–Kier alpha value is -3.02. The summed E-state index contributed by atoms with van der Waals surface area (Å²) < 4.78 is 6.15. The van der Waals surface area contributed by atoms with Crippen LogP contribution in [0.3, 0.4) is 0 Å². The van der Waals surface area contributed by atoms with Gasteiger partial charge in [-0.2, -0.15) is 0 Å². The summed E-state index contributed by atoms with van der Waals surface area (Å²) in [4.78, 5) is 18.1. The summed E-state index contributed by atoms with van der Waals surface area (Å²) in [5, 5.41) is 3.45. The Bertz CT molecular complexity index is 939. The van der Waals surface area contributed by atoms with Gasteiger partial charge < -0.3 is 10.1 Å². The molecule has 1 N–H and O–H groups in total. The summed E-state index contributed by atoms with van der Waals surface area (Å²) in [5.74, 6) is 2.15. The zero-order chi connectivity index (χ0) is 19.3. The summed E-state index contributed by atoms with van der Waals surface area (Å²) >= 11 is 0. The second-order valence-electron chi connectivity index (χ2n) is 7.17. The van der Waals surface area contributed by atoms with Crippen LogP contribution in [-0.4, -0.2) is 26.0 Å². The molecule has 1 aliphatic carbocycles. The predicted molar refractivity (Wildman–Crippen MR) is 109 cm³/mol. The Morgan fingerprint density at radius 1 is 1.00 bits per heavy atom. The fourth-order valence-corrected chi connectivity index (χ4v) is 3.42. The van der Waals surface area contributed by atoms with Gasteiger partial charge in [-0.25, -0.2) is 15.0 Å². The molecule has 0 amide bonds. The van der Waals surface area contributed by atoms with E-state index in [1.807, 2.05) is 44.2 Å². The van der Waals surface area contributed by atoms with Gasteiger partial charge in [0.25, 0.3) is 0 Å². The molecular weight excluding hydrogens is 350 g/mol. The lowest BCUT2D eigenvalue weighted by Gasteiger charge is -2.16. The van der Waals surface area contributed by atoms with Gasteiger partial charge in [0.15, 0.2) is 5.82 Å². The van der Waals surface area contributed by atoms with Crippen molar-refractivity contribution in [2.45, 2.75) is 52.2 Å². The highest BCUT2D eigenvalue weighted by Gasteiger charge is 2.19. The van der Waals surface area contributed by atoms with E-state index in [0.29, 0.717) is 12.4 Å². The van der Waals surface area contributed by atoms with Crippen molar-refractivity contribution in [2.24, 2.45) is 0 Å². The molecule has 4 rings (SSSR count). The van der Waals surface area contributed by atoms with Crippen LogP contribution in [0.2, 0.25) is 0 Å². The minimum Gasteiger partial charge on any atom is -0.474 e. The van der Waals surface area contributed by atoms with Crippen molar-refractivity contribution in [3.8, 4) is 17.4 Å². The average molecular weight is 375 g/mol. The highest BCUT2D eigenvalue weighted by atomic mass is 16.5. The van der Waals surface area contributed by atoms with E-state index >= 15 is 0 Å². The molecule has 3 aromatic rings. The fourth-order valence-electron chi connectivity index (χ4n) is 3.42. The van der Waals surface area contributed by atoms with Crippen molar-refractivity contribution in [3.05, 3.63) is 59.5 Å². The Morgan fingerprint density at radius 3 is 2.61 bits per heavy atom. The first-order chi connectivity index (χ1) is 13.7. The van der Waals surface area contributed by atoms with Crippen molar-refractivity contribution < 1.29 is 4.74 Å². The van der Waals surface area contributed by atoms with E-state index in [1.165, 1.54) is 12.8 Å². The second kappa shape index (κ2) is 8.33. The Morgan fingerprint density at radius 2 is 1.82 bits per heavy atom. The van der Waals surface area contributed by atoms with E-state index < -0.39 is 0 Å². The number of anilines is 1. The quantitative estimate of drug-likeness (QED) is 0.685. The van der Waals surface area contributed by atoms with E-state index in [1.54, 1.807) is 12.4 Å². The molecule has 3 heterocycles. The lowest BCUT2D eigenvalue weighted by atomic mass is 10.2. The van der Waals surface area contributed by atoms with Crippen LogP contribution in [0.4, 0.5) is 5.82 Å². The van der Waals surface area contributed by atoms with E-state index in [4.69, 9.17) is 9.72 Å². The molecule has 6 nitrogen and oxygen atoms in total. The van der Waals surface area contributed by atoms with Gasteiger partial charge in [0.2, 0.25) is 5.88 Å². The zero-order valence-corrected chi connectivity index (χ0v) is 16.4. The third-order valence-corrected chi connectivity index (χ3v) is 5.16. The normalized spacial score (nSPS) is 14.2. The molecule has 0 spiro atoms. The van der Waals surface area contributed by atoms with Crippen molar-refractivity contribution in [2.75, 3.05) is 5.32 Å². The molecule has 0 radical (unpaired) electrons. The lowest BCUT2D eigenvalue weighted by Crippen LogP contribution is -2.14. The fraction of sp³-hybridized carbons (Fsp3) is 0.364. The smallest absolute Gasteiger partial charge is 0.218 e. The molecule has 0 atom stereocenters. The first-order valence-electron chi connectivity index (χ1n) is 9.82.